The van der Waals surface area contributed by atoms with Crippen LogP contribution in [0.5, 0.6) is 0 Å². The molecule has 1 N–H and O–H groups in total. The average molecular weight is 231 g/mol. The summed E-state index contributed by atoms with van der Waals surface area (Å²) in [5, 5.41) is 8.91. The van der Waals surface area contributed by atoms with E-state index >= 15 is 0 Å². The third kappa shape index (κ3) is 3.44. The van der Waals surface area contributed by atoms with Gasteiger partial charge in [0.15, 0.2) is 0 Å². The molecule has 0 unspecified atom stereocenters. The van der Waals surface area contributed by atoms with Gasteiger partial charge in [0.05, 0.1) is 6.54 Å². The first-order chi connectivity index (χ1) is 8.28. The minimum atomic E-state index is -0.0393. The van der Waals surface area contributed by atoms with Gasteiger partial charge in [-0.15, -0.1) is 0 Å². The molecule has 0 amide bonds. The lowest BCUT2D eigenvalue weighted by Crippen LogP contribution is -2.16. The lowest BCUT2D eigenvalue weighted by atomic mass is 10.2. The second-order valence-corrected chi connectivity index (χ2v) is 4.18. The maximum absolute atomic E-state index is 8.91. The van der Waals surface area contributed by atoms with Crippen LogP contribution >= 0.6 is 0 Å². The van der Waals surface area contributed by atoms with Gasteiger partial charge in [-0.25, -0.2) is 0 Å². The lowest BCUT2D eigenvalue weighted by molar-refractivity contribution is 0.231. The highest BCUT2D eigenvalue weighted by Gasteiger charge is 2.05. The second kappa shape index (κ2) is 5.66. The largest absolute Gasteiger partial charge is 0.462 e. The standard InChI is InChI=1S/C14H17NO2/c1-15(9-12-5-3-2-4-6-12)10-13-7-8-14(11-16)17-13/h2-8,16H,9-11H2,1H3. The summed E-state index contributed by atoms with van der Waals surface area (Å²) in [5.41, 5.74) is 1.28. The smallest absolute Gasteiger partial charge is 0.129 e. The number of benzene rings is 1. The number of furan rings is 1. The summed E-state index contributed by atoms with van der Waals surface area (Å²) < 4.78 is 5.45. The maximum atomic E-state index is 8.91. The first kappa shape index (κ1) is 11.9. The van der Waals surface area contributed by atoms with Gasteiger partial charge in [-0.2, -0.15) is 0 Å². The van der Waals surface area contributed by atoms with Crippen molar-refractivity contribution >= 4 is 0 Å². The predicted octanol–water partition coefficient (Wildman–Crippen LogP) is 2.40. The molecular formula is C14H17NO2. The molecule has 0 fully saturated rings. The van der Waals surface area contributed by atoms with Gasteiger partial charge in [0.25, 0.3) is 0 Å². The van der Waals surface area contributed by atoms with Crippen molar-refractivity contribution in [3.05, 3.63) is 59.5 Å². The maximum Gasteiger partial charge on any atom is 0.129 e. The topological polar surface area (TPSA) is 36.6 Å². The van der Waals surface area contributed by atoms with Crippen LogP contribution in [0.3, 0.4) is 0 Å². The van der Waals surface area contributed by atoms with Crippen LogP contribution < -0.4 is 0 Å². The Labute approximate surface area is 101 Å². The van der Waals surface area contributed by atoms with Gasteiger partial charge in [0, 0.05) is 6.54 Å². The molecule has 2 aromatic rings. The van der Waals surface area contributed by atoms with Crippen LogP contribution in [0.25, 0.3) is 0 Å². The SMILES string of the molecule is CN(Cc1ccccc1)Cc1ccc(CO)o1. The third-order valence-corrected chi connectivity index (χ3v) is 2.59. The second-order valence-electron chi connectivity index (χ2n) is 4.18. The summed E-state index contributed by atoms with van der Waals surface area (Å²) in [4.78, 5) is 2.18. The average Bonchev–Trinajstić information content (AvgIpc) is 2.78. The number of aliphatic hydroxyl groups excluding tert-OH is 1. The Bertz CT molecular complexity index is 450. The van der Waals surface area contributed by atoms with Gasteiger partial charge in [-0.1, -0.05) is 30.3 Å². The summed E-state index contributed by atoms with van der Waals surface area (Å²) in [5.74, 6) is 1.50. The Morgan fingerprint density at radius 2 is 1.71 bits per heavy atom. The van der Waals surface area contributed by atoms with Crippen molar-refractivity contribution in [3.8, 4) is 0 Å². The molecule has 1 aromatic heterocycles. The summed E-state index contributed by atoms with van der Waals surface area (Å²) in [7, 11) is 2.05. The molecule has 0 saturated heterocycles. The fourth-order valence-corrected chi connectivity index (χ4v) is 1.81. The normalized spacial score (nSPS) is 11.0. The van der Waals surface area contributed by atoms with Crippen molar-refractivity contribution in [1.29, 1.82) is 0 Å². The van der Waals surface area contributed by atoms with Gasteiger partial charge in [0.1, 0.15) is 18.1 Å². The van der Waals surface area contributed by atoms with E-state index in [1.54, 1.807) is 0 Å². The Morgan fingerprint density at radius 3 is 2.35 bits per heavy atom. The molecule has 0 bridgehead atoms. The van der Waals surface area contributed by atoms with E-state index in [0.717, 1.165) is 18.8 Å². The van der Waals surface area contributed by atoms with Gasteiger partial charge in [0.2, 0.25) is 0 Å². The number of hydrogen-bond donors (Lipinski definition) is 1. The number of rotatable bonds is 5. The molecule has 1 heterocycles. The minimum Gasteiger partial charge on any atom is -0.462 e. The Morgan fingerprint density at radius 1 is 1.00 bits per heavy atom. The first-order valence-electron chi connectivity index (χ1n) is 5.69. The summed E-state index contributed by atoms with van der Waals surface area (Å²) >= 11 is 0. The monoisotopic (exact) mass is 231 g/mol. The quantitative estimate of drug-likeness (QED) is 0.858. The Hall–Kier alpha value is -1.58. The highest BCUT2D eigenvalue weighted by atomic mass is 16.4. The molecule has 0 saturated carbocycles. The minimum absolute atomic E-state index is 0.0393. The van der Waals surface area contributed by atoms with Gasteiger partial charge in [-0.3, -0.25) is 4.90 Å². The molecule has 3 heteroatoms. The predicted molar refractivity (Wildman–Crippen MR) is 66.2 cm³/mol. The number of nitrogens with zero attached hydrogens (tertiary/aromatic N) is 1. The molecule has 0 aliphatic rings. The molecule has 17 heavy (non-hydrogen) atoms. The summed E-state index contributed by atoms with van der Waals surface area (Å²) in [6.45, 7) is 1.59. The van der Waals surface area contributed by atoms with E-state index in [9.17, 15) is 0 Å². The molecule has 0 radical (unpaired) electrons. The van der Waals surface area contributed by atoms with E-state index in [-0.39, 0.29) is 6.61 Å². The zero-order valence-electron chi connectivity index (χ0n) is 9.97. The third-order valence-electron chi connectivity index (χ3n) is 2.59. The molecular weight excluding hydrogens is 214 g/mol. The van der Waals surface area contributed by atoms with Crippen molar-refractivity contribution in [2.75, 3.05) is 7.05 Å². The highest BCUT2D eigenvalue weighted by molar-refractivity contribution is 5.14. The molecule has 0 atom stereocenters. The van der Waals surface area contributed by atoms with Crippen LogP contribution in [-0.2, 0) is 19.7 Å². The van der Waals surface area contributed by atoms with Crippen LogP contribution in [0.15, 0.2) is 46.9 Å². The molecule has 3 nitrogen and oxygen atoms in total. The van der Waals surface area contributed by atoms with Crippen LogP contribution in [0.4, 0.5) is 0 Å². The molecule has 90 valence electrons. The van der Waals surface area contributed by atoms with Crippen molar-refractivity contribution in [1.82, 2.24) is 4.90 Å². The van der Waals surface area contributed by atoms with Crippen molar-refractivity contribution in [3.63, 3.8) is 0 Å². The molecule has 0 spiro atoms. The van der Waals surface area contributed by atoms with Crippen LogP contribution in [0, 0.1) is 0 Å². The van der Waals surface area contributed by atoms with Crippen LogP contribution in [0.2, 0.25) is 0 Å². The summed E-state index contributed by atoms with van der Waals surface area (Å²) in [6.07, 6.45) is 0. The zero-order chi connectivity index (χ0) is 12.1. The fraction of sp³-hybridized carbons (Fsp3) is 0.286. The number of aliphatic hydroxyl groups is 1. The lowest BCUT2D eigenvalue weighted by Gasteiger charge is -2.14. The van der Waals surface area contributed by atoms with E-state index in [0.29, 0.717) is 5.76 Å². The van der Waals surface area contributed by atoms with E-state index < -0.39 is 0 Å². The van der Waals surface area contributed by atoms with E-state index in [1.165, 1.54) is 5.56 Å². The van der Waals surface area contributed by atoms with Crippen LogP contribution in [0.1, 0.15) is 17.1 Å². The van der Waals surface area contributed by atoms with Crippen LogP contribution in [-0.4, -0.2) is 17.1 Å². The van der Waals surface area contributed by atoms with Crippen molar-refractivity contribution in [2.45, 2.75) is 19.7 Å². The Kier molecular flexibility index (Phi) is 3.96. The molecule has 0 aliphatic heterocycles. The highest BCUT2D eigenvalue weighted by Crippen LogP contribution is 2.11. The van der Waals surface area contributed by atoms with Gasteiger partial charge >= 0.3 is 0 Å². The van der Waals surface area contributed by atoms with Crippen molar-refractivity contribution in [2.24, 2.45) is 0 Å². The molecule has 2 rings (SSSR count). The molecule has 1 aromatic carbocycles. The zero-order valence-corrected chi connectivity index (χ0v) is 9.97. The van der Waals surface area contributed by atoms with Gasteiger partial charge in [-0.05, 0) is 24.7 Å². The number of hydrogen-bond acceptors (Lipinski definition) is 3. The van der Waals surface area contributed by atoms with Gasteiger partial charge < -0.3 is 9.52 Å². The van der Waals surface area contributed by atoms with E-state index in [4.69, 9.17) is 9.52 Å². The van der Waals surface area contributed by atoms with E-state index in [1.807, 2.05) is 37.4 Å². The van der Waals surface area contributed by atoms with Crippen molar-refractivity contribution < 1.29 is 9.52 Å². The summed E-state index contributed by atoms with van der Waals surface area (Å²) in [6, 6.07) is 14.0. The fourth-order valence-electron chi connectivity index (χ4n) is 1.81. The van der Waals surface area contributed by atoms with E-state index in [2.05, 4.69) is 17.0 Å². The molecule has 0 aliphatic carbocycles. The Balaban J connectivity index is 1.91. The first-order valence-corrected chi connectivity index (χ1v) is 5.69.